The molecule has 2 aromatic carbocycles. The Morgan fingerprint density at radius 1 is 1.09 bits per heavy atom. The molecule has 0 aromatic heterocycles. The number of rotatable bonds is 4. The van der Waals surface area contributed by atoms with Crippen LogP contribution in [0.3, 0.4) is 0 Å². The van der Waals surface area contributed by atoms with Gasteiger partial charge in [-0.1, -0.05) is 30.4 Å². The number of sulfonamides is 1. The largest absolute Gasteiger partial charge is 0.507 e. The molecule has 0 aliphatic heterocycles. The van der Waals surface area contributed by atoms with E-state index in [9.17, 15) is 18.3 Å². The molecule has 3 N–H and O–H groups in total. The highest BCUT2D eigenvalue weighted by Crippen LogP contribution is 2.21. The van der Waals surface area contributed by atoms with Gasteiger partial charge < -0.3 is 9.84 Å². The van der Waals surface area contributed by atoms with Crippen LogP contribution in [0.4, 0.5) is 0 Å². The average molecular weight is 333 g/mol. The van der Waals surface area contributed by atoms with Crippen LogP contribution in [0, 0.1) is 0 Å². The predicted molar refractivity (Wildman–Crippen MR) is 86.2 cm³/mol. The Balaban J connectivity index is 2.25. The van der Waals surface area contributed by atoms with Crippen LogP contribution in [0.25, 0.3) is 12.2 Å². The number of hydrogen-bond donors (Lipinski definition) is 2. The summed E-state index contributed by atoms with van der Waals surface area (Å²) in [7, 11) is -2.48. The maximum Gasteiger partial charge on any atom is 0.341 e. The Hall–Kier alpha value is -2.64. The highest BCUT2D eigenvalue weighted by molar-refractivity contribution is 7.89. The Bertz CT molecular complexity index is 855. The maximum atomic E-state index is 11.5. The molecular weight excluding hydrogens is 318 g/mol. The van der Waals surface area contributed by atoms with Gasteiger partial charge in [0, 0.05) is 0 Å². The quantitative estimate of drug-likeness (QED) is 0.657. The van der Waals surface area contributed by atoms with Gasteiger partial charge in [0.25, 0.3) is 0 Å². The number of primary sulfonamides is 1. The van der Waals surface area contributed by atoms with E-state index in [1.54, 1.807) is 30.4 Å². The molecule has 0 spiro atoms. The fraction of sp³-hybridized carbons (Fsp3) is 0.0625. The lowest BCUT2D eigenvalue weighted by Crippen LogP contribution is -2.11. The van der Waals surface area contributed by atoms with Gasteiger partial charge in [-0.3, -0.25) is 0 Å². The van der Waals surface area contributed by atoms with Crippen molar-refractivity contribution in [2.24, 2.45) is 5.14 Å². The van der Waals surface area contributed by atoms with Crippen molar-refractivity contribution in [2.45, 2.75) is 4.90 Å². The average Bonchev–Trinajstić information content (AvgIpc) is 2.53. The standard InChI is InChI=1S/C16H15NO5S/c1-22-16(19)14-10-12(6-9-15(14)18)3-2-11-4-7-13(8-5-11)23(17,20)21/h2-10,18H,1H3,(H2,17,20,21)/b3-2+. The molecule has 0 amide bonds. The van der Waals surface area contributed by atoms with Gasteiger partial charge in [0.05, 0.1) is 12.0 Å². The van der Waals surface area contributed by atoms with Gasteiger partial charge in [0.15, 0.2) is 0 Å². The molecule has 0 heterocycles. The van der Waals surface area contributed by atoms with Crippen molar-refractivity contribution in [1.29, 1.82) is 0 Å². The van der Waals surface area contributed by atoms with Crippen molar-refractivity contribution < 1.29 is 23.1 Å². The van der Waals surface area contributed by atoms with Crippen molar-refractivity contribution in [3.8, 4) is 5.75 Å². The molecule has 0 atom stereocenters. The van der Waals surface area contributed by atoms with E-state index in [1.165, 1.54) is 31.4 Å². The SMILES string of the molecule is COC(=O)c1cc(/C=C/c2ccc(S(N)(=O)=O)cc2)ccc1O. The van der Waals surface area contributed by atoms with E-state index in [-0.39, 0.29) is 16.2 Å². The number of esters is 1. The van der Waals surface area contributed by atoms with Crippen LogP contribution in [0.2, 0.25) is 0 Å². The fourth-order valence-electron chi connectivity index (χ4n) is 1.89. The van der Waals surface area contributed by atoms with Crippen LogP contribution in [0.5, 0.6) is 5.75 Å². The van der Waals surface area contributed by atoms with E-state index in [1.807, 2.05) is 0 Å². The van der Waals surface area contributed by atoms with Crippen LogP contribution in [0.1, 0.15) is 21.5 Å². The normalized spacial score (nSPS) is 11.6. The third kappa shape index (κ3) is 4.18. The first kappa shape index (κ1) is 16.7. The zero-order valence-corrected chi connectivity index (χ0v) is 13.1. The van der Waals surface area contributed by atoms with E-state index >= 15 is 0 Å². The molecule has 120 valence electrons. The molecule has 0 saturated carbocycles. The number of aromatic hydroxyl groups is 1. The van der Waals surface area contributed by atoms with E-state index in [0.29, 0.717) is 5.56 Å². The molecule has 0 unspecified atom stereocenters. The van der Waals surface area contributed by atoms with Crippen molar-refractivity contribution in [3.63, 3.8) is 0 Å². The maximum absolute atomic E-state index is 11.5. The monoisotopic (exact) mass is 333 g/mol. The number of nitrogens with two attached hydrogens (primary N) is 1. The van der Waals surface area contributed by atoms with Crippen LogP contribution in [-0.2, 0) is 14.8 Å². The van der Waals surface area contributed by atoms with E-state index in [4.69, 9.17) is 5.14 Å². The summed E-state index contributed by atoms with van der Waals surface area (Å²) in [5.74, 6) is -0.790. The number of carbonyl (C=O) groups excluding carboxylic acids is 1. The Labute approximate surface area is 133 Å². The molecule has 2 aromatic rings. The summed E-state index contributed by atoms with van der Waals surface area (Å²) in [6.07, 6.45) is 3.46. The highest BCUT2D eigenvalue weighted by atomic mass is 32.2. The first-order valence-corrected chi connectivity index (χ1v) is 8.08. The second-order valence-electron chi connectivity index (χ2n) is 4.72. The van der Waals surface area contributed by atoms with Gasteiger partial charge >= 0.3 is 5.97 Å². The van der Waals surface area contributed by atoms with Gasteiger partial charge in [-0.2, -0.15) is 0 Å². The highest BCUT2D eigenvalue weighted by Gasteiger charge is 2.11. The number of hydrogen-bond acceptors (Lipinski definition) is 5. The smallest absolute Gasteiger partial charge is 0.341 e. The van der Waals surface area contributed by atoms with Crippen LogP contribution < -0.4 is 5.14 Å². The minimum Gasteiger partial charge on any atom is -0.507 e. The molecule has 0 fully saturated rings. The van der Waals surface area contributed by atoms with Gasteiger partial charge in [0.2, 0.25) is 10.0 Å². The third-order valence-corrected chi connectivity index (χ3v) is 4.03. The van der Waals surface area contributed by atoms with Crippen molar-refractivity contribution in [1.82, 2.24) is 0 Å². The lowest BCUT2D eigenvalue weighted by atomic mass is 10.1. The molecule has 0 radical (unpaired) electrons. The van der Waals surface area contributed by atoms with Crippen molar-refractivity contribution in [2.75, 3.05) is 7.11 Å². The summed E-state index contributed by atoms with van der Waals surface area (Å²) >= 11 is 0. The van der Waals surface area contributed by atoms with Crippen molar-refractivity contribution in [3.05, 3.63) is 59.2 Å². The second-order valence-corrected chi connectivity index (χ2v) is 6.28. The minimum absolute atomic E-state index is 0.0345. The fourth-order valence-corrected chi connectivity index (χ4v) is 2.41. The molecule has 7 heteroatoms. The van der Waals surface area contributed by atoms with E-state index in [0.717, 1.165) is 5.56 Å². The summed E-state index contributed by atoms with van der Waals surface area (Å²) < 4.78 is 26.9. The van der Waals surface area contributed by atoms with E-state index in [2.05, 4.69) is 4.74 Å². The summed E-state index contributed by atoms with van der Waals surface area (Å²) in [5.41, 5.74) is 1.50. The molecular formula is C16H15NO5S. The zero-order chi connectivity index (χ0) is 17.0. The number of methoxy groups -OCH3 is 1. The van der Waals surface area contributed by atoms with Crippen LogP contribution in [0.15, 0.2) is 47.4 Å². The van der Waals surface area contributed by atoms with Crippen LogP contribution in [-0.4, -0.2) is 26.6 Å². The Morgan fingerprint density at radius 3 is 2.22 bits per heavy atom. The Kier molecular flexibility index (Phi) is 4.83. The summed E-state index contributed by atoms with van der Waals surface area (Å²) in [6.45, 7) is 0. The number of benzene rings is 2. The number of phenolic OH excluding ortho intramolecular Hbond substituents is 1. The van der Waals surface area contributed by atoms with Gasteiger partial charge in [-0.15, -0.1) is 0 Å². The molecule has 23 heavy (non-hydrogen) atoms. The first-order valence-electron chi connectivity index (χ1n) is 6.53. The molecule has 0 saturated heterocycles. The Morgan fingerprint density at radius 2 is 1.65 bits per heavy atom. The molecule has 0 aliphatic rings. The van der Waals surface area contributed by atoms with E-state index < -0.39 is 16.0 Å². The summed E-state index contributed by atoms with van der Waals surface area (Å²) in [6, 6.07) is 10.6. The minimum atomic E-state index is -3.71. The van der Waals surface area contributed by atoms with Gasteiger partial charge in [-0.25, -0.2) is 18.4 Å². The summed E-state index contributed by atoms with van der Waals surface area (Å²) in [5, 5.41) is 14.7. The molecule has 0 aliphatic carbocycles. The number of ether oxygens (including phenoxy) is 1. The molecule has 2 rings (SSSR count). The third-order valence-electron chi connectivity index (χ3n) is 3.10. The molecule has 6 nitrogen and oxygen atoms in total. The van der Waals surface area contributed by atoms with Gasteiger partial charge in [0.1, 0.15) is 11.3 Å². The molecule has 0 bridgehead atoms. The number of carbonyl (C=O) groups is 1. The van der Waals surface area contributed by atoms with Crippen LogP contribution >= 0.6 is 0 Å². The lowest BCUT2D eigenvalue weighted by molar-refractivity contribution is 0.0597. The zero-order valence-electron chi connectivity index (χ0n) is 12.3. The number of phenols is 1. The predicted octanol–water partition coefficient (Wildman–Crippen LogP) is 2.00. The van der Waals surface area contributed by atoms with Crippen molar-refractivity contribution >= 4 is 28.1 Å². The van der Waals surface area contributed by atoms with Gasteiger partial charge in [-0.05, 0) is 35.4 Å². The lowest BCUT2D eigenvalue weighted by Gasteiger charge is -2.03. The topological polar surface area (TPSA) is 107 Å². The summed E-state index contributed by atoms with van der Waals surface area (Å²) in [4.78, 5) is 11.6. The second kappa shape index (κ2) is 6.64. The first-order chi connectivity index (χ1) is 10.8.